The summed E-state index contributed by atoms with van der Waals surface area (Å²) in [5.41, 5.74) is 0. The minimum Gasteiger partial charge on any atom is -0.0841 e. The molecule has 0 radical (unpaired) electrons. The third-order valence-corrected chi connectivity index (χ3v) is 5.45. The summed E-state index contributed by atoms with van der Waals surface area (Å²) < 4.78 is 0.639. The van der Waals surface area contributed by atoms with Crippen molar-refractivity contribution in [2.75, 3.05) is 0 Å². The van der Waals surface area contributed by atoms with Crippen LogP contribution in [0.1, 0.15) is 33.1 Å². The Bertz CT molecular complexity index is 102. The molecule has 9 heavy (non-hydrogen) atoms. The van der Waals surface area contributed by atoms with Crippen molar-refractivity contribution in [2.24, 2.45) is 0 Å². The van der Waals surface area contributed by atoms with Gasteiger partial charge in [-0.05, 0) is 26.7 Å². The maximum absolute atomic E-state index is 3.72. The van der Waals surface area contributed by atoms with Gasteiger partial charge in [-0.25, -0.2) is 0 Å². The SMILES string of the molecule is CC1(Br)CCCC1(C)Br. The van der Waals surface area contributed by atoms with Crippen LogP contribution in [0.3, 0.4) is 0 Å². The van der Waals surface area contributed by atoms with Crippen LogP contribution in [0.5, 0.6) is 0 Å². The molecule has 0 nitrogen and oxygen atoms in total. The summed E-state index contributed by atoms with van der Waals surface area (Å²) in [6, 6.07) is 0. The van der Waals surface area contributed by atoms with Crippen molar-refractivity contribution >= 4 is 31.9 Å². The maximum atomic E-state index is 3.72. The second-order valence-electron chi connectivity index (χ2n) is 3.25. The largest absolute Gasteiger partial charge is 0.0841 e. The Morgan fingerprint density at radius 2 is 1.33 bits per heavy atom. The third-order valence-electron chi connectivity index (χ3n) is 2.38. The van der Waals surface area contributed by atoms with E-state index in [1.54, 1.807) is 0 Å². The zero-order chi connectivity index (χ0) is 7.12. The second kappa shape index (κ2) is 2.23. The van der Waals surface area contributed by atoms with Crippen molar-refractivity contribution in [3.05, 3.63) is 0 Å². The molecule has 0 spiro atoms. The van der Waals surface area contributed by atoms with E-state index in [1.165, 1.54) is 19.3 Å². The lowest BCUT2D eigenvalue weighted by Gasteiger charge is -2.30. The van der Waals surface area contributed by atoms with Gasteiger partial charge in [-0.1, -0.05) is 38.3 Å². The average Bonchev–Trinajstić information content (AvgIpc) is 1.81. The number of alkyl halides is 2. The Morgan fingerprint density at radius 1 is 1.00 bits per heavy atom. The highest BCUT2D eigenvalue weighted by molar-refractivity contribution is 9.13. The van der Waals surface area contributed by atoms with Crippen LogP contribution >= 0.6 is 31.9 Å². The fourth-order valence-electron chi connectivity index (χ4n) is 1.27. The first-order valence-corrected chi connectivity index (χ1v) is 4.92. The first-order valence-electron chi connectivity index (χ1n) is 3.34. The standard InChI is InChI=1S/C7H12Br2/c1-6(8)4-3-5-7(6,2)9/h3-5H2,1-2H3. The first kappa shape index (κ1) is 8.06. The second-order valence-corrected chi connectivity index (χ2v) is 6.75. The third kappa shape index (κ3) is 1.35. The minimum atomic E-state index is 0.319. The van der Waals surface area contributed by atoms with Crippen molar-refractivity contribution in [1.82, 2.24) is 0 Å². The van der Waals surface area contributed by atoms with Gasteiger partial charge >= 0.3 is 0 Å². The number of hydrogen-bond acceptors (Lipinski definition) is 0. The quantitative estimate of drug-likeness (QED) is 0.582. The molecule has 2 unspecified atom stereocenters. The zero-order valence-corrected chi connectivity index (χ0v) is 9.05. The van der Waals surface area contributed by atoms with Gasteiger partial charge in [-0.15, -0.1) is 0 Å². The van der Waals surface area contributed by atoms with Gasteiger partial charge in [0.1, 0.15) is 0 Å². The van der Waals surface area contributed by atoms with E-state index in [-0.39, 0.29) is 0 Å². The van der Waals surface area contributed by atoms with Crippen LogP contribution in [-0.4, -0.2) is 8.65 Å². The molecule has 1 aliphatic rings. The van der Waals surface area contributed by atoms with Gasteiger partial charge in [0.25, 0.3) is 0 Å². The molecule has 0 aromatic rings. The summed E-state index contributed by atoms with van der Waals surface area (Å²) in [6.07, 6.45) is 3.91. The number of hydrogen-bond donors (Lipinski definition) is 0. The van der Waals surface area contributed by atoms with Gasteiger partial charge < -0.3 is 0 Å². The smallest absolute Gasteiger partial charge is 0.0380 e. The summed E-state index contributed by atoms with van der Waals surface area (Å²) >= 11 is 7.43. The predicted octanol–water partition coefficient (Wildman–Crippen LogP) is 3.48. The van der Waals surface area contributed by atoms with E-state index in [0.717, 1.165) is 0 Å². The topological polar surface area (TPSA) is 0 Å². The van der Waals surface area contributed by atoms with Crippen LogP contribution in [0.4, 0.5) is 0 Å². The van der Waals surface area contributed by atoms with E-state index >= 15 is 0 Å². The van der Waals surface area contributed by atoms with Crippen LogP contribution < -0.4 is 0 Å². The maximum Gasteiger partial charge on any atom is 0.0380 e. The number of rotatable bonds is 0. The van der Waals surface area contributed by atoms with Gasteiger partial charge in [-0.3, -0.25) is 0 Å². The van der Waals surface area contributed by atoms with Crippen molar-refractivity contribution in [1.29, 1.82) is 0 Å². The van der Waals surface area contributed by atoms with E-state index in [9.17, 15) is 0 Å². The summed E-state index contributed by atoms with van der Waals surface area (Å²) in [6.45, 7) is 4.52. The molecular formula is C7H12Br2. The molecular weight excluding hydrogens is 244 g/mol. The van der Waals surface area contributed by atoms with Crippen molar-refractivity contribution in [3.8, 4) is 0 Å². The van der Waals surface area contributed by atoms with Crippen LogP contribution in [0.2, 0.25) is 0 Å². The molecule has 0 aromatic heterocycles. The molecule has 0 bridgehead atoms. The van der Waals surface area contributed by atoms with Crippen LogP contribution in [0, 0.1) is 0 Å². The highest BCUT2D eigenvalue weighted by Gasteiger charge is 2.44. The molecule has 1 saturated carbocycles. The number of halogens is 2. The minimum absolute atomic E-state index is 0.319. The Hall–Kier alpha value is 0.960. The lowest BCUT2D eigenvalue weighted by Crippen LogP contribution is -2.33. The highest BCUT2D eigenvalue weighted by Crippen LogP contribution is 2.50. The Labute approximate surface area is 73.7 Å². The summed E-state index contributed by atoms with van der Waals surface area (Å²) in [5.74, 6) is 0. The van der Waals surface area contributed by atoms with Crippen LogP contribution in [0.15, 0.2) is 0 Å². The van der Waals surface area contributed by atoms with Gasteiger partial charge in [0.05, 0.1) is 0 Å². The highest BCUT2D eigenvalue weighted by atomic mass is 79.9. The first-order chi connectivity index (χ1) is 3.96. The summed E-state index contributed by atoms with van der Waals surface area (Å²) in [4.78, 5) is 0. The van der Waals surface area contributed by atoms with E-state index in [4.69, 9.17) is 0 Å². The van der Waals surface area contributed by atoms with Gasteiger partial charge in [0.2, 0.25) is 0 Å². The van der Waals surface area contributed by atoms with E-state index < -0.39 is 0 Å². The Balaban J connectivity index is 2.75. The van der Waals surface area contributed by atoms with Crippen LogP contribution in [0.25, 0.3) is 0 Å². The molecule has 0 amide bonds. The molecule has 0 aromatic carbocycles. The molecule has 54 valence electrons. The van der Waals surface area contributed by atoms with Crippen LogP contribution in [-0.2, 0) is 0 Å². The van der Waals surface area contributed by atoms with Crippen molar-refractivity contribution in [2.45, 2.75) is 41.8 Å². The molecule has 0 N–H and O–H groups in total. The monoisotopic (exact) mass is 254 g/mol. The van der Waals surface area contributed by atoms with Gasteiger partial charge in [0, 0.05) is 8.65 Å². The molecule has 1 aliphatic carbocycles. The lowest BCUT2D eigenvalue weighted by molar-refractivity contribution is 0.575. The molecule has 0 heterocycles. The average molecular weight is 256 g/mol. The van der Waals surface area contributed by atoms with E-state index in [2.05, 4.69) is 45.7 Å². The summed E-state index contributed by atoms with van der Waals surface area (Å²) in [5, 5.41) is 0. The molecule has 0 saturated heterocycles. The molecule has 2 heteroatoms. The Kier molecular flexibility index (Phi) is 2.00. The van der Waals surface area contributed by atoms with Gasteiger partial charge in [-0.2, -0.15) is 0 Å². The Morgan fingerprint density at radius 3 is 1.44 bits per heavy atom. The fourth-order valence-corrected chi connectivity index (χ4v) is 2.23. The van der Waals surface area contributed by atoms with Crippen molar-refractivity contribution < 1.29 is 0 Å². The van der Waals surface area contributed by atoms with Crippen molar-refractivity contribution in [3.63, 3.8) is 0 Å². The molecule has 2 atom stereocenters. The van der Waals surface area contributed by atoms with E-state index in [1.807, 2.05) is 0 Å². The van der Waals surface area contributed by atoms with E-state index in [0.29, 0.717) is 8.65 Å². The lowest BCUT2D eigenvalue weighted by atomic mass is 10.0. The van der Waals surface area contributed by atoms with Gasteiger partial charge in [0.15, 0.2) is 0 Å². The molecule has 0 aliphatic heterocycles. The molecule has 1 rings (SSSR count). The molecule has 1 fully saturated rings. The zero-order valence-electron chi connectivity index (χ0n) is 5.88. The summed E-state index contributed by atoms with van der Waals surface area (Å²) in [7, 11) is 0. The normalized spacial score (nSPS) is 52.0. The predicted molar refractivity (Wildman–Crippen MR) is 48.5 cm³/mol. The fraction of sp³-hybridized carbons (Fsp3) is 1.00.